The van der Waals surface area contributed by atoms with Gasteiger partial charge in [0.2, 0.25) is 0 Å². The zero-order valence-corrected chi connectivity index (χ0v) is 11.8. The van der Waals surface area contributed by atoms with Crippen LogP contribution in [0.5, 0.6) is 5.75 Å². The van der Waals surface area contributed by atoms with Gasteiger partial charge in [0, 0.05) is 6.54 Å². The Balaban J connectivity index is 2.24. The van der Waals surface area contributed by atoms with Gasteiger partial charge in [-0.3, -0.25) is 0 Å². The van der Waals surface area contributed by atoms with Gasteiger partial charge < -0.3 is 10.1 Å². The van der Waals surface area contributed by atoms with Crippen molar-refractivity contribution in [1.29, 1.82) is 0 Å². The van der Waals surface area contributed by atoms with E-state index >= 15 is 0 Å². The van der Waals surface area contributed by atoms with E-state index in [2.05, 4.69) is 37.4 Å². The van der Waals surface area contributed by atoms with Crippen molar-refractivity contribution < 1.29 is 4.74 Å². The van der Waals surface area contributed by atoms with Crippen molar-refractivity contribution >= 4 is 0 Å². The number of ether oxygens (including phenoxy) is 1. The van der Waals surface area contributed by atoms with Crippen LogP contribution in [0.4, 0.5) is 0 Å². The topological polar surface area (TPSA) is 21.3 Å². The molecule has 0 amide bonds. The van der Waals surface area contributed by atoms with Crippen molar-refractivity contribution in [3.8, 4) is 5.75 Å². The Morgan fingerprint density at radius 2 is 1.74 bits per heavy atom. The Hall–Kier alpha value is -1.80. The third kappa shape index (κ3) is 3.36. The Bertz CT molecular complexity index is 522. The summed E-state index contributed by atoms with van der Waals surface area (Å²) in [5.41, 5.74) is 3.66. The van der Waals surface area contributed by atoms with Crippen LogP contribution < -0.4 is 10.1 Å². The molecule has 0 aromatic heterocycles. The van der Waals surface area contributed by atoms with Crippen molar-refractivity contribution in [2.24, 2.45) is 0 Å². The van der Waals surface area contributed by atoms with Gasteiger partial charge in [0.05, 0.1) is 0 Å². The van der Waals surface area contributed by atoms with Gasteiger partial charge in [-0.05, 0) is 43.7 Å². The molecule has 0 heterocycles. The molecule has 2 rings (SSSR count). The molecule has 0 aliphatic rings. The molecule has 0 bridgehead atoms. The maximum atomic E-state index is 6.19. The van der Waals surface area contributed by atoms with Gasteiger partial charge in [-0.1, -0.05) is 42.5 Å². The van der Waals surface area contributed by atoms with E-state index in [1.807, 2.05) is 37.4 Å². The highest BCUT2D eigenvalue weighted by Crippen LogP contribution is 2.26. The molecule has 19 heavy (non-hydrogen) atoms. The quantitative estimate of drug-likeness (QED) is 0.880. The largest absolute Gasteiger partial charge is 0.484 e. The van der Waals surface area contributed by atoms with E-state index in [1.165, 1.54) is 16.7 Å². The second-order valence-corrected chi connectivity index (χ2v) is 4.77. The predicted octanol–water partition coefficient (Wildman–Crippen LogP) is 3.64. The first kappa shape index (κ1) is 13.6. The molecule has 0 radical (unpaired) electrons. The normalized spacial score (nSPS) is 12.2. The van der Waals surface area contributed by atoms with Crippen LogP contribution in [-0.4, -0.2) is 13.6 Å². The second-order valence-electron chi connectivity index (χ2n) is 4.77. The SMILES string of the molecule is CNCC(Oc1cccc(C)c1C)c1ccccc1. The average molecular weight is 255 g/mol. The van der Waals surface area contributed by atoms with Crippen LogP contribution in [0.15, 0.2) is 48.5 Å². The lowest BCUT2D eigenvalue weighted by Crippen LogP contribution is -2.22. The first-order valence-electron chi connectivity index (χ1n) is 6.65. The zero-order valence-electron chi connectivity index (χ0n) is 11.8. The molecular formula is C17H21NO. The number of likely N-dealkylation sites (N-methyl/N-ethyl adjacent to an activating group) is 1. The number of hydrogen-bond acceptors (Lipinski definition) is 2. The van der Waals surface area contributed by atoms with Crippen molar-refractivity contribution in [3.63, 3.8) is 0 Å². The molecule has 2 nitrogen and oxygen atoms in total. The number of nitrogens with one attached hydrogen (secondary N) is 1. The molecular weight excluding hydrogens is 234 g/mol. The lowest BCUT2D eigenvalue weighted by atomic mass is 10.1. The summed E-state index contributed by atoms with van der Waals surface area (Å²) in [6.45, 7) is 5.00. The minimum atomic E-state index is 0.0340. The number of benzene rings is 2. The first-order valence-corrected chi connectivity index (χ1v) is 6.65. The highest BCUT2D eigenvalue weighted by Gasteiger charge is 2.13. The van der Waals surface area contributed by atoms with Gasteiger partial charge in [-0.15, -0.1) is 0 Å². The van der Waals surface area contributed by atoms with Crippen LogP contribution in [0.3, 0.4) is 0 Å². The fraction of sp³-hybridized carbons (Fsp3) is 0.294. The highest BCUT2D eigenvalue weighted by atomic mass is 16.5. The highest BCUT2D eigenvalue weighted by molar-refractivity contribution is 5.38. The predicted molar refractivity (Wildman–Crippen MR) is 79.7 cm³/mol. The summed E-state index contributed by atoms with van der Waals surface area (Å²) in [5, 5.41) is 3.20. The summed E-state index contributed by atoms with van der Waals surface area (Å²) in [4.78, 5) is 0. The van der Waals surface area contributed by atoms with Gasteiger partial charge in [0.15, 0.2) is 0 Å². The summed E-state index contributed by atoms with van der Waals surface area (Å²) in [6, 6.07) is 16.5. The monoisotopic (exact) mass is 255 g/mol. The lowest BCUT2D eigenvalue weighted by Gasteiger charge is -2.21. The second kappa shape index (κ2) is 6.39. The molecule has 2 aromatic rings. The number of aryl methyl sites for hydroxylation is 1. The summed E-state index contributed by atoms with van der Waals surface area (Å²) in [7, 11) is 1.95. The van der Waals surface area contributed by atoms with Crippen molar-refractivity contribution in [2.75, 3.05) is 13.6 Å². The molecule has 2 heteroatoms. The molecule has 0 saturated carbocycles. The summed E-state index contributed by atoms with van der Waals surface area (Å²) < 4.78 is 6.19. The Morgan fingerprint density at radius 1 is 1.00 bits per heavy atom. The average Bonchev–Trinajstić information content (AvgIpc) is 2.44. The molecule has 1 unspecified atom stereocenters. The van der Waals surface area contributed by atoms with Crippen LogP contribution >= 0.6 is 0 Å². The van der Waals surface area contributed by atoms with E-state index in [9.17, 15) is 0 Å². The van der Waals surface area contributed by atoms with Crippen molar-refractivity contribution in [3.05, 3.63) is 65.2 Å². The van der Waals surface area contributed by atoms with Gasteiger partial charge in [-0.2, -0.15) is 0 Å². The Kier molecular flexibility index (Phi) is 4.58. The van der Waals surface area contributed by atoms with Gasteiger partial charge in [0.25, 0.3) is 0 Å². The van der Waals surface area contributed by atoms with Crippen LogP contribution in [0, 0.1) is 13.8 Å². The molecule has 0 spiro atoms. The number of hydrogen-bond donors (Lipinski definition) is 1. The molecule has 0 aliphatic heterocycles. The maximum absolute atomic E-state index is 6.19. The Morgan fingerprint density at radius 3 is 2.42 bits per heavy atom. The minimum absolute atomic E-state index is 0.0340. The molecule has 2 aromatic carbocycles. The minimum Gasteiger partial charge on any atom is -0.484 e. The van der Waals surface area contributed by atoms with Crippen LogP contribution in [0.2, 0.25) is 0 Å². The smallest absolute Gasteiger partial charge is 0.136 e. The van der Waals surface area contributed by atoms with Crippen LogP contribution in [-0.2, 0) is 0 Å². The first-order chi connectivity index (χ1) is 9.22. The summed E-state index contributed by atoms with van der Waals surface area (Å²) in [5.74, 6) is 0.962. The number of rotatable bonds is 5. The van der Waals surface area contributed by atoms with E-state index in [-0.39, 0.29) is 6.10 Å². The molecule has 1 atom stereocenters. The standard InChI is InChI=1S/C17H21NO/c1-13-8-7-11-16(14(13)2)19-17(12-18-3)15-9-5-4-6-10-15/h4-11,17-18H,12H2,1-3H3. The summed E-state index contributed by atoms with van der Waals surface area (Å²) in [6.07, 6.45) is 0.0340. The third-order valence-corrected chi connectivity index (χ3v) is 3.39. The third-order valence-electron chi connectivity index (χ3n) is 3.39. The van der Waals surface area contributed by atoms with E-state index < -0.39 is 0 Å². The fourth-order valence-electron chi connectivity index (χ4n) is 2.09. The van der Waals surface area contributed by atoms with E-state index in [1.54, 1.807) is 0 Å². The fourth-order valence-corrected chi connectivity index (χ4v) is 2.09. The van der Waals surface area contributed by atoms with Gasteiger partial charge in [0.1, 0.15) is 11.9 Å². The molecule has 0 fully saturated rings. The van der Waals surface area contributed by atoms with Crippen molar-refractivity contribution in [1.82, 2.24) is 5.32 Å². The molecule has 0 saturated heterocycles. The Labute approximate surface area is 115 Å². The van der Waals surface area contributed by atoms with Crippen LogP contribution in [0.1, 0.15) is 22.8 Å². The van der Waals surface area contributed by atoms with E-state index in [0.29, 0.717) is 0 Å². The van der Waals surface area contributed by atoms with Gasteiger partial charge in [-0.25, -0.2) is 0 Å². The maximum Gasteiger partial charge on any atom is 0.136 e. The lowest BCUT2D eigenvalue weighted by molar-refractivity contribution is 0.203. The van der Waals surface area contributed by atoms with E-state index in [0.717, 1.165) is 12.3 Å². The molecule has 100 valence electrons. The van der Waals surface area contributed by atoms with Crippen LogP contribution in [0.25, 0.3) is 0 Å². The van der Waals surface area contributed by atoms with Crippen molar-refractivity contribution in [2.45, 2.75) is 20.0 Å². The zero-order chi connectivity index (χ0) is 13.7. The molecule has 1 N–H and O–H groups in total. The summed E-state index contributed by atoms with van der Waals surface area (Å²) >= 11 is 0. The van der Waals surface area contributed by atoms with Gasteiger partial charge >= 0.3 is 0 Å². The van der Waals surface area contributed by atoms with E-state index in [4.69, 9.17) is 4.74 Å². The molecule has 0 aliphatic carbocycles.